The predicted molar refractivity (Wildman–Crippen MR) is 204 cm³/mol. The number of hydrogen-bond donors (Lipinski definition) is 6. The SMILES string of the molecule is CCCCCCCCCC[C@H]1OC(=O)CNC(=O)[C@H](COCCCN)NC(=O)[C@H](CN)NC(=O)[C@H]([C@@H](C)CC)NC(=O)[C@H](CC(C)C)N(C)C(=O)[C@@H]1C. The summed E-state index contributed by atoms with van der Waals surface area (Å²) in [5, 5.41) is 10.6. The van der Waals surface area contributed by atoms with Crippen molar-refractivity contribution in [1.29, 1.82) is 0 Å². The molecule has 0 spiro atoms. The quantitative estimate of drug-likeness (QED) is 0.0830. The standard InChI is InChI=1S/C38H71N7O8/c1-8-10-11-12-13-14-15-16-18-31-27(6)38(51)45(7)30(21-25(3)4)36(49)44-33(26(5)9-2)37(50)42-28(22-40)35(48)43-29(24-52-20-17-19-39)34(47)41-23-32(46)53-31/h25-31,33H,8-24,39-40H2,1-7H3,(H,41,47)(H,42,50)(H,43,48)(H,44,49)/t26-,27+,28-,29-,30-,31+,33-/m0/s1. The van der Waals surface area contributed by atoms with Crippen molar-refractivity contribution in [3.05, 3.63) is 0 Å². The van der Waals surface area contributed by atoms with Crippen LogP contribution in [0, 0.1) is 17.8 Å². The Morgan fingerprint density at radius 1 is 0.811 bits per heavy atom. The summed E-state index contributed by atoms with van der Waals surface area (Å²) in [5.74, 6) is -4.90. The lowest BCUT2D eigenvalue weighted by atomic mass is 9.94. The summed E-state index contributed by atoms with van der Waals surface area (Å²) in [4.78, 5) is 83.1. The van der Waals surface area contributed by atoms with Crippen LogP contribution in [-0.4, -0.2) is 111 Å². The zero-order valence-electron chi connectivity index (χ0n) is 33.5. The van der Waals surface area contributed by atoms with Crippen LogP contribution in [0.15, 0.2) is 0 Å². The number of carbonyl (C=O) groups is 6. The molecule has 1 fully saturated rings. The first kappa shape index (κ1) is 47.7. The molecule has 1 rings (SSSR count). The lowest BCUT2D eigenvalue weighted by Crippen LogP contribution is -2.61. The highest BCUT2D eigenvalue weighted by atomic mass is 16.5. The summed E-state index contributed by atoms with van der Waals surface area (Å²) in [6, 6.07) is -4.49. The number of nitrogens with one attached hydrogen (secondary N) is 4. The predicted octanol–water partition coefficient (Wildman–Crippen LogP) is 1.89. The Labute approximate surface area is 317 Å². The summed E-state index contributed by atoms with van der Waals surface area (Å²) in [6.07, 6.45) is 9.45. The maximum absolute atomic E-state index is 14.1. The maximum atomic E-state index is 14.1. The number of rotatable bonds is 19. The lowest BCUT2D eigenvalue weighted by molar-refractivity contribution is -0.157. The van der Waals surface area contributed by atoms with Gasteiger partial charge in [0.25, 0.3) is 0 Å². The minimum atomic E-state index is -1.26. The highest BCUT2D eigenvalue weighted by Gasteiger charge is 2.38. The minimum absolute atomic E-state index is 0.0147. The van der Waals surface area contributed by atoms with Gasteiger partial charge in [0.05, 0.1) is 12.5 Å². The maximum Gasteiger partial charge on any atom is 0.325 e. The van der Waals surface area contributed by atoms with Crippen LogP contribution in [0.25, 0.3) is 0 Å². The summed E-state index contributed by atoms with van der Waals surface area (Å²) < 4.78 is 11.4. The average Bonchev–Trinajstić information content (AvgIpc) is 3.13. The Bertz CT molecular complexity index is 1140. The third kappa shape index (κ3) is 17.6. The van der Waals surface area contributed by atoms with Crippen molar-refractivity contribution in [2.45, 2.75) is 149 Å². The van der Waals surface area contributed by atoms with Crippen molar-refractivity contribution in [3.63, 3.8) is 0 Å². The van der Waals surface area contributed by atoms with Crippen LogP contribution in [0.5, 0.6) is 0 Å². The molecule has 15 nitrogen and oxygen atoms in total. The number of esters is 1. The van der Waals surface area contributed by atoms with E-state index in [-0.39, 0.29) is 37.5 Å². The van der Waals surface area contributed by atoms with Gasteiger partial charge in [-0.1, -0.05) is 92.9 Å². The van der Waals surface area contributed by atoms with Gasteiger partial charge < -0.3 is 47.1 Å². The van der Waals surface area contributed by atoms with Gasteiger partial charge in [0.1, 0.15) is 36.8 Å². The fourth-order valence-corrected chi connectivity index (χ4v) is 6.19. The number of unbranched alkanes of at least 4 members (excludes halogenated alkanes) is 7. The molecule has 1 heterocycles. The molecule has 1 saturated heterocycles. The second kappa shape index (κ2) is 26.5. The molecule has 15 heteroatoms. The zero-order chi connectivity index (χ0) is 39.9. The van der Waals surface area contributed by atoms with Gasteiger partial charge in [0, 0.05) is 20.2 Å². The number of hydrogen-bond acceptors (Lipinski definition) is 10. The summed E-state index contributed by atoms with van der Waals surface area (Å²) in [7, 11) is 1.55. The molecule has 7 atom stereocenters. The second-order valence-corrected chi connectivity index (χ2v) is 14.8. The van der Waals surface area contributed by atoms with Crippen molar-refractivity contribution < 1.29 is 38.2 Å². The van der Waals surface area contributed by atoms with E-state index >= 15 is 0 Å². The number of nitrogens with two attached hydrogens (primary N) is 2. The van der Waals surface area contributed by atoms with E-state index < -0.39 is 72.3 Å². The smallest absolute Gasteiger partial charge is 0.325 e. The molecule has 1 aliphatic heterocycles. The van der Waals surface area contributed by atoms with Gasteiger partial charge in [0.15, 0.2) is 0 Å². The van der Waals surface area contributed by atoms with E-state index in [1.807, 2.05) is 20.8 Å². The molecule has 8 N–H and O–H groups in total. The minimum Gasteiger partial charge on any atom is -0.460 e. The molecule has 1 aliphatic rings. The average molecular weight is 754 g/mol. The van der Waals surface area contributed by atoms with Crippen LogP contribution in [0.2, 0.25) is 0 Å². The Balaban J connectivity index is 3.52. The number of carbonyl (C=O) groups excluding carboxylic acids is 6. The number of amides is 5. The van der Waals surface area contributed by atoms with Crippen LogP contribution in [0.4, 0.5) is 0 Å². The van der Waals surface area contributed by atoms with Crippen molar-refractivity contribution in [2.75, 3.05) is 39.9 Å². The Kier molecular flexibility index (Phi) is 23.8. The van der Waals surface area contributed by atoms with Gasteiger partial charge in [-0.05, 0) is 44.1 Å². The highest BCUT2D eigenvalue weighted by Crippen LogP contribution is 2.22. The molecule has 0 bridgehead atoms. The highest BCUT2D eigenvalue weighted by molar-refractivity contribution is 5.96. The first-order chi connectivity index (χ1) is 25.2. The van der Waals surface area contributed by atoms with E-state index in [1.54, 1.807) is 20.9 Å². The number of ether oxygens (including phenoxy) is 2. The van der Waals surface area contributed by atoms with Crippen LogP contribution < -0.4 is 32.7 Å². The molecule has 5 amide bonds. The summed E-state index contributed by atoms with van der Waals surface area (Å²) in [5.41, 5.74) is 11.5. The molecule has 0 aliphatic carbocycles. The van der Waals surface area contributed by atoms with Crippen LogP contribution in [0.1, 0.15) is 119 Å². The third-order valence-corrected chi connectivity index (χ3v) is 9.86. The zero-order valence-corrected chi connectivity index (χ0v) is 33.5. The molecule has 0 aromatic heterocycles. The number of nitrogens with zero attached hydrogens (tertiary/aromatic N) is 1. The van der Waals surface area contributed by atoms with Gasteiger partial charge in [0.2, 0.25) is 29.5 Å². The van der Waals surface area contributed by atoms with Crippen molar-refractivity contribution in [1.82, 2.24) is 26.2 Å². The number of cyclic esters (lactones) is 1. The van der Waals surface area contributed by atoms with E-state index in [0.717, 1.165) is 32.1 Å². The van der Waals surface area contributed by atoms with Crippen molar-refractivity contribution in [3.8, 4) is 0 Å². The molecule has 306 valence electrons. The van der Waals surface area contributed by atoms with E-state index in [4.69, 9.17) is 20.9 Å². The molecule has 0 saturated carbocycles. The van der Waals surface area contributed by atoms with Gasteiger partial charge in [-0.2, -0.15) is 0 Å². The largest absolute Gasteiger partial charge is 0.460 e. The summed E-state index contributed by atoms with van der Waals surface area (Å²) in [6.45, 7) is 10.9. The van der Waals surface area contributed by atoms with Crippen LogP contribution in [-0.2, 0) is 38.2 Å². The molecule has 0 aromatic rings. The first-order valence-corrected chi connectivity index (χ1v) is 19.8. The van der Waals surface area contributed by atoms with Crippen molar-refractivity contribution >= 4 is 35.5 Å². The molecule has 53 heavy (non-hydrogen) atoms. The van der Waals surface area contributed by atoms with Gasteiger partial charge in [-0.15, -0.1) is 0 Å². The monoisotopic (exact) mass is 754 g/mol. The molecular formula is C38H71N7O8. The topological polar surface area (TPSA) is 224 Å². The van der Waals surface area contributed by atoms with E-state index in [2.05, 4.69) is 28.2 Å². The van der Waals surface area contributed by atoms with E-state index in [9.17, 15) is 28.8 Å². The molecule has 0 aromatic carbocycles. The molecular weight excluding hydrogens is 682 g/mol. The first-order valence-electron chi connectivity index (χ1n) is 19.8. The van der Waals surface area contributed by atoms with E-state index in [0.29, 0.717) is 32.2 Å². The fourth-order valence-electron chi connectivity index (χ4n) is 6.19. The fraction of sp³-hybridized carbons (Fsp3) is 0.842. The number of likely N-dealkylation sites (N-methyl/N-ethyl adjacent to an activating group) is 1. The Morgan fingerprint density at radius 3 is 2.02 bits per heavy atom. The summed E-state index contributed by atoms with van der Waals surface area (Å²) >= 11 is 0. The van der Waals surface area contributed by atoms with Crippen LogP contribution >= 0.6 is 0 Å². The Morgan fingerprint density at radius 2 is 1.43 bits per heavy atom. The third-order valence-electron chi connectivity index (χ3n) is 9.86. The normalized spacial score (nSPS) is 25.1. The second-order valence-electron chi connectivity index (χ2n) is 14.8. The Hall–Kier alpha value is -3.30. The van der Waals surface area contributed by atoms with E-state index in [1.165, 1.54) is 24.2 Å². The van der Waals surface area contributed by atoms with Gasteiger partial charge in [-0.25, -0.2) is 0 Å². The van der Waals surface area contributed by atoms with Crippen LogP contribution in [0.3, 0.4) is 0 Å². The lowest BCUT2D eigenvalue weighted by Gasteiger charge is -2.34. The molecule has 0 unspecified atom stereocenters. The van der Waals surface area contributed by atoms with Crippen molar-refractivity contribution in [2.24, 2.45) is 29.2 Å². The van der Waals surface area contributed by atoms with Gasteiger partial charge in [-0.3, -0.25) is 28.8 Å². The molecule has 0 radical (unpaired) electrons. The van der Waals surface area contributed by atoms with Gasteiger partial charge >= 0.3 is 5.97 Å².